The smallest absolute Gasteiger partial charge is 0.273 e. The van der Waals surface area contributed by atoms with Gasteiger partial charge in [-0.05, 0) is 24.2 Å². The Balaban J connectivity index is 0.00000220. The summed E-state index contributed by atoms with van der Waals surface area (Å²) in [7, 11) is 1.78. The number of thiazole rings is 1. The average molecular weight is 391 g/mol. The van der Waals surface area contributed by atoms with Gasteiger partial charge in [-0.3, -0.25) is 4.79 Å². The number of hydrogen-bond donors (Lipinski definition) is 1. The van der Waals surface area contributed by atoms with E-state index in [9.17, 15) is 4.79 Å². The summed E-state index contributed by atoms with van der Waals surface area (Å²) in [5.41, 5.74) is 7.06. The van der Waals surface area contributed by atoms with Crippen molar-refractivity contribution < 1.29 is 4.79 Å². The fourth-order valence-corrected chi connectivity index (χ4v) is 3.06. The molecule has 1 aromatic heterocycles. The van der Waals surface area contributed by atoms with Gasteiger partial charge in [-0.1, -0.05) is 28.1 Å². The summed E-state index contributed by atoms with van der Waals surface area (Å²) < 4.78 is 1.01. The minimum absolute atomic E-state index is 0. The van der Waals surface area contributed by atoms with E-state index in [0.717, 1.165) is 15.0 Å². The van der Waals surface area contributed by atoms with Crippen LogP contribution in [0.4, 0.5) is 0 Å². The first-order valence-corrected chi connectivity index (χ1v) is 7.92. The van der Waals surface area contributed by atoms with Crippen molar-refractivity contribution in [3.63, 3.8) is 0 Å². The monoisotopic (exact) mass is 389 g/mol. The molecule has 0 aliphatic heterocycles. The van der Waals surface area contributed by atoms with Crippen molar-refractivity contribution in [1.29, 1.82) is 0 Å². The van der Waals surface area contributed by atoms with Crippen molar-refractivity contribution in [3.8, 4) is 0 Å². The van der Waals surface area contributed by atoms with E-state index in [1.54, 1.807) is 17.3 Å². The SMILES string of the molecule is CN(Cc1cccc(Br)c1)C(=O)c1csc(CCN)n1.Cl. The first-order valence-electron chi connectivity index (χ1n) is 6.24. The topological polar surface area (TPSA) is 59.2 Å². The molecule has 0 unspecified atom stereocenters. The van der Waals surface area contributed by atoms with Crippen molar-refractivity contribution in [2.45, 2.75) is 13.0 Å². The number of benzene rings is 1. The van der Waals surface area contributed by atoms with E-state index in [0.29, 0.717) is 25.2 Å². The number of aromatic nitrogens is 1. The first-order chi connectivity index (χ1) is 9.60. The Hall–Kier alpha value is -0.950. The standard InChI is InChI=1S/C14H16BrN3OS.ClH/c1-18(8-10-3-2-4-11(15)7-10)14(19)12-9-20-13(17-12)5-6-16;/h2-4,7,9H,5-6,8,16H2,1H3;1H. The summed E-state index contributed by atoms with van der Waals surface area (Å²) in [4.78, 5) is 18.3. The molecule has 0 radical (unpaired) electrons. The van der Waals surface area contributed by atoms with Gasteiger partial charge in [-0.15, -0.1) is 23.7 Å². The lowest BCUT2D eigenvalue weighted by Gasteiger charge is -2.16. The Morgan fingerprint density at radius 2 is 2.24 bits per heavy atom. The van der Waals surface area contributed by atoms with Gasteiger partial charge in [0.2, 0.25) is 0 Å². The van der Waals surface area contributed by atoms with Crippen LogP contribution in [0.5, 0.6) is 0 Å². The minimum atomic E-state index is -0.0653. The van der Waals surface area contributed by atoms with Crippen molar-refractivity contribution in [2.75, 3.05) is 13.6 Å². The maximum absolute atomic E-state index is 12.3. The van der Waals surface area contributed by atoms with Crippen LogP contribution in [-0.2, 0) is 13.0 Å². The van der Waals surface area contributed by atoms with Crippen LogP contribution in [0, 0.1) is 0 Å². The summed E-state index contributed by atoms with van der Waals surface area (Å²) >= 11 is 4.91. The third-order valence-corrected chi connectivity index (χ3v) is 4.19. The van der Waals surface area contributed by atoms with E-state index in [1.165, 1.54) is 11.3 Å². The lowest BCUT2D eigenvalue weighted by atomic mass is 10.2. The largest absolute Gasteiger partial charge is 0.336 e. The van der Waals surface area contributed by atoms with Crippen LogP contribution in [0.1, 0.15) is 21.1 Å². The second-order valence-corrected chi connectivity index (χ2v) is 6.31. The molecule has 0 atom stereocenters. The van der Waals surface area contributed by atoms with Gasteiger partial charge in [0.1, 0.15) is 5.69 Å². The van der Waals surface area contributed by atoms with Crippen LogP contribution in [0.2, 0.25) is 0 Å². The predicted molar refractivity (Wildman–Crippen MR) is 92.1 cm³/mol. The lowest BCUT2D eigenvalue weighted by Crippen LogP contribution is -2.26. The van der Waals surface area contributed by atoms with Crippen molar-refractivity contribution in [2.24, 2.45) is 5.73 Å². The zero-order valence-corrected chi connectivity index (χ0v) is 14.8. The maximum atomic E-state index is 12.3. The molecule has 2 aromatic rings. The van der Waals surface area contributed by atoms with Gasteiger partial charge in [0.05, 0.1) is 5.01 Å². The molecular weight excluding hydrogens is 374 g/mol. The molecular formula is C14H17BrClN3OS. The zero-order chi connectivity index (χ0) is 14.5. The third kappa shape index (κ3) is 5.07. The van der Waals surface area contributed by atoms with Gasteiger partial charge < -0.3 is 10.6 Å². The molecule has 2 rings (SSSR count). The number of nitrogens with two attached hydrogens (primary N) is 1. The van der Waals surface area contributed by atoms with Gasteiger partial charge in [-0.2, -0.15) is 0 Å². The Morgan fingerprint density at radius 3 is 2.90 bits per heavy atom. The van der Waals surface area contributed by atoms with Gasteiger partial charge >= 0.3 is 0 Å². The Bertz CT molecular complexity index is 605. The number of hydrogen-bond acceptors (Lipinski definition) is 4. The molecule has 0 saturated carbocycles. The summed E-state index contributed by atoms with van der Waals surface area (Å²) in [6.07, 6.45) is 0.716. The molecule has 114 valence electrons. The Labute approximate surface area is 142 Å². The number of amides is 1. The average Bonchev–Trinajstić information content (AvgIpc) is 2.87. The number of carbonyl (C=O) groups excluding carboxylic acids is 1. The highest BCUT2D eigenvalue weighted by molar-refractivity contribution is 9.10. The van der Waals surface area contributed by atoms with Crippen LogP contribution in [0.3, 0.4) is 0 Å². The summed E-state index contributed by atoms with van der Waals surface area (Å²) in [5.74, 6) is -0.0653. The fraction of sp³-hybridized carbons (Fsp3) is 0.286. The summed E-state index contributed by atoms with van der Waals surface area (Å²) in [6.45, 7) is 1.11. The molecule has 7 heteroatoms. The van der Waals surface area contributed by atoms with E-state index in [4.69, 9.17) is 5.73 Å². The van der Waals surface area contributed by atoms with E-state index in [2.05, 4.69) is 20.9 Å². The molecule has 21 heavy (non-hydrogen) atoms. The molecule has 1 aromatic carbocycles. The molecule has 0 bridgehead atoms. The van der Waals surface area contributed by atoms with Crippen LogP contribution < -0.4 is 5.73 Å². The zero-order valence-electron chi connectivity index (χ0n) is 11.6. The summed E-state index contributed by atoms with van der Waals surface area (Å²) in [6, 6.07) is 7.92. The molecule has 0 aliphatic carbocycles. The van der Waals surface area contributed by atoms with Crippen LogP contribution in [0.15, 0.2) is 34.1 Å². The van der Waals surface area contributed by atoms with Crippen LogP contribution in [0.25, 0.3) is 0 Å². The molecule has 0 spiro atoms. The molecule has 0 saturated heterocycles. The highest BCUT2D eigenvalue weighted by atomic mass is 79.9. The van der Waals surface area contributed by atoms with Crippen LogP contribution >= 0.6 is 39.7 Å². The minimum Gasteiger partial charge on any atom is -0.336 e. The lowest BCUT2D eigenvalue weighted by molar-refractivity contribution is 0.0780. The van der Waals surface area contributed by atoms with E-state index in [-0.39, 0.29) is 18.3 Å². The molecule has 2 N–H and O–H groups in total. The molecule has 0 fully saturated rings. The van der Waals surface area contributed by atoms with E-state index >= 15 is 0 Å². The highest BCUT2D eigenvalue weighted by Crippen LogP contribution is 2.15. The van der Waals surface area contributed by atoms with Crippen molar-refractivity contribution >= 4 is 45.6 Å². The van der Waals surface area contributed by atoms with E-state index in [1.807, 2.05) is 24.3 Å². The predicted octanol–water partition coefficient (Wildman–Crippen LogP) is 3.10. The first kappa shape index (κ1) is 18.1. The van der Waals surface area contributed by atoms with Gasteiger partial charge in [0.15, 0.2) is 0 Å². The van der Waals surface area contributed by atoms with Crippen LogP contribution in [-0.4, -0.2) is 29.4 Å². The quantitative estimate of drug-likeness (QED) is 0.853. The second-order valence-electron chi connectivity index (χ2n) is 4.46. The third-order valence-electron chi connectivity index (χ3n) is 2.78. The highest BCUT2D eigenvalue weighted by Gasteiger charge is 2.15. The maximum Gasteiger partial charge on any atom is 0.273 e. The molecule has 4 nitrogen and oxygen atoms in total. The summed E-state index contributed by atoms with van der Waals surface area (Å²) in [5, 5.41) is 2.71. The van der Waals surface area contributed by atoms with Crippen molar-refractivity contribution in [1.82, 2.24) is 9.88 Å². The van der Waals surface area contributed by atoms with Crippen molar-refractivity contribution in [3.05, 3.63) is 50.4 Å². The number of rotatable bonds is 5. The van der Waals surface area contributed by atoms with E-state index < -0.39 is 0 Å². The Morgan fingerprint density at radius 1 is 1.48 bits per heavy atom. The molecule has 1 heterocycles. The second kappa shape index (κ2) is 8.48. The van der Waals surface area contributed by atoms with Gasteiger partial charge in [0, 0.05) is 29.9 Å². The normalized spacial score (nSPS) is 10.0. The number of carbonyl (C=O) groups is 1. The number of halogens is 2. The molecule has 1 amide bonds. The molecule has 0 aliphatic rings. The fourth-order valence-electron chi connectivity index (χ4n) is 1.82. The van der Waals surface area contributed by atoms with Gasteiger partial charge in [0.25, 0.3) is 5.91 Å². The number of nitrogens with zero attached hydrogens (tertiary/aromatic N) is 2. The van der Waals surface area contributed by atoms with Gasteiger partial charge in [-0.25, -0.2) is 4.98 Å². The Kier molecular flexibility index (Phi) is 7.31.